The van der Waals surface area contributed by atoms with Crippen LogP contribution in [0.5, 0.6) is 0 Å². The average Bonchev–Trinajstić information content (AvgIpc) is 2.86. The Labute approximate surface area is 136 Å². The predicted molar refractivity (Wildman–Crippen MR) is 87.7 cm³/mol. The third-order valence-electron chi connectivity index (χ3n) is 3.15. The zero-order chi connectivity index (χ0) is 14.3. The van der Waals surface area contributed by atoms with Gasteiger partial charge in [0.15, 0.2) is 0 Å². The summed E-state index contributed by atoms with van der Waals surface area (Å²) in [6.45, 7) is 0. The molecule has 20 heavy (non-hydrogen) atoms. The molecule has 0 aliphatic carbocycles. The Morgan fingerprint density at radius 3 is 2.50 bits per heavy atom. The van der Waals surface area contributed by atoms with Crippen LogP contribution in [0.3, 0.4) is 0 Å². The lowest BCUT2D eigenvalue weighted by Gasteiger charge is -2.12. The molecule has 0 spiro atoms. The molecule has 0 fully saturated rings. The number of aliphatic hydroxyl groups is 1. The number of hydrogen-bond acceptors (Lipinski definition) is 2. The summed E-state index contributed by atoms with van der Waals surface area (Å²) in [7, 11) is 0. The maximum Gasteiger partial charge on any atom is 0.143 e. The molecular formula is C15H9Br2FOS. The molecule has 0 aliphatic heterocycles. The third-order valence-corrected chi connectivity index (χ3v) is 5.74. The quantitative estimate of drug-likeness (QED) is 0.573. The molecule has 0 saturated heterocycles. The Hall–Kier alpha value is -0.750. The Morgan fingerprint density at radius 1 is 1.00 bits per heavy atom. The molecule has 102 valence electrons. The smallest absolute Gasteiger partial charge is 0.143 e. The second-order valence-corrected chi connectivity index (χ2v) is 6.94. The van der Waals surface area contributed by atoms with Crippen molar-refractivity contribution >= 4 is 53.3 Å². The summed E-state index contributed by atoms with van der Waals surface area (Å²) in [5.74, 6) is -0.422. The van der Waals surface area contributed by atoms with Gasteiger partial charge in [0.2, 0.25) is 0 Å². The minimum atomic E-state index is -0.976. The van der Waals surface area contributed by atoms with Crippen molar-refractivity contribution in [2.45, 2.75) is 6.10 Å². The lowest BCUT2D eigenvalue weighted by Crippen LogP contribution is -2.02. The summed E-state index contributed by atoms with van der Waals surface area (Å²) >= 11 is 8.17. The van der Waals surface area contributed by atoms with Crippen LogP contribution in [0, 0.1) is 5.82 Å². The van der Waals surface area contributed by atoms with E-state index >= 15 is 0 Å². The summed E-state index contributed by atoms with van der Waals surface area (Å²) in [4.78, 5) is 0. The van der Waals surface area contributed by atoms with Gasteiger partial charge in [0.05, 0.1) is 4.47 Å². The topological polar surface area (TPSA) is 20.2 Å². The van der Waals surface area contributed by atoms with E-state index < -0.39 is 11.9 Å². The summed E-state index contributed by atoms with van der Waals surface area (Å²) in [5, 5.41) is 13.3. The van der Waals surface area contributed by atoms with Crippen LogP contribution in [0.1, 0.15) is 17.2 Å². The zero-order valence-electron chi connectivity index (χ0n) is 10.1. The van der Waals surface area contributed by atoms with E-state index in [2.05, 4.69) is 31.9 Å². The highest BCUT2D eigenvalue weighted by molar-refractivity contribution is 9.11. The molecule has 0 radical (unpaired) electrons. The molecule has 0 amide bonds. The van der Waals surface area contributed by atoms with Crippen LogP contribution in [0.15, 0.2) is 50.7 Å². The van der Waals surface area contributed by atoms with Crippen LogP contribution in [0.2, 0.25) is 0 Å². The summed E-state index contributed by atoms with van der Waals surface area (Å²) in [6, 6.07) is 10.7. The van der Waals surface area contributed by atoms with Gasteiger partial charge in [-0.3, -0.25) is 0 Å². The molecule has 1 aromatic heterocycles. The number of fused-ring (bicyclic) bond motifs is 1. The summed E-state index contributed by atoms with van der Waals surface area (Å²) < 4.78 is 16.5. The monoisotopic (exact) mass is 414 g/mol. The molecule has 1 unspecified atom stereocenters. The van der Waals surface area contributed by atoms with E-state index in [4.69, 9.17) is 0 Å². The number of benzene rings is 2. The first kappa shape index (κ1) is 14.2. The van der Waals surface area contributed by atoms with Crippen molar-refractivity contribution in [3.63, 3.8) is 0 Å². The number of hydrogen-bond donors (Lipinski definition) is 1. The van der Waals surface area contributed by atoms with Gasteiger partial charge in [-0.05, 0) is 54.8 Å². The van der Waals surface area contributed by atoms with Crippen LogP contribution in [0.4, 0.5) is 4.39 Å². The van der Waals surface area contributed by atoms with Gasteiger partial charge in [-0.15, -0.1) is 11.3 Å². The number of halogens is 3. The standard InChI is InChI=1S/C15H9Br2FOS/c16-11-5-2-4-9(13(11)18)14(19)10-7-20-15-8(10)3-1-6-12(15)17/h1-7,14,19H. The van der Waals surface area contributed by atoms with E-state index in [1.54, 1.807) is 18.2 Å². The molecule has 1 nitrogen and oxygen atoms in total. The van der Waals surface area contributed by atoms with E-state index in [1.165, 1.54) is 11.3 Å². The van der Waals surface area contributed by atoms with Crippen LogP contribution in [-0.2, 0) is 0 Å². The minimum absolute atomic E-state index is 0.277. The van der Waals surface area contributed by atoms with Gasteiger partial charge in [0.25, 0.3) is 0 Å². The Morgan fingerprint density at radius 2 is 1.70 bits per heavy atom. The maximum atomic E-state index is 14.1. The van der Waals surface area contributed by atoms with Gasteiger partial charge in [0.1, 0.15) is 11.9 Å². The summed E-state index contributed by atoms with van der Waals surface area (Å²) in [5.41, 5.74) is 1.00. The van der Waals surface area contributed by atoms with E-state index in [0.29, 0.717) is 4.47 Å². The second kappa shape index (κ2) is 5.56. The fourth-order valence-electron chi connectivity index (χ4n) is 2.15. The predicted octanol–water partition coefficient (Wildman–Crippen LogP) is 5.65. The van der Waals surface area contributed by atoms with Gasteiger partial charge in [-0.2, -0.15) is 0 Å². The molecule has 1 atom stereocenters. The van der Waals surface area contributed by atoms with E-state index in [9.17, 15) is 9.50 Å². The molecule has 0 saturated carbocycles. The van der Waals surface area contributed by atoms with Gasteiger partial charge >= 0.3 is 0 Å². The van der Waals surface area contributed by atoms with Gasteiger partial charge in [0, 0.05) is 20.3 Å². The number of thiophene rings is 1. The highest BCUT2D eigenvalue weighted by atomic mass is 79.9. The third kappa shape index (κ3) is 2.33. The first-order chi connectivity index (χ1) is 9.59. The first-order valence-electron chi connectivity index (χ1n) is 5.87. The van der Waals surface area contributed by atoms with Crippen molar-refractivity contribution in [2.24, 2.45) is 0 Å². The minimum Gasteiger partial charge on any atom is -0.383 e. The van der Waals surface area contributed by atoms with Crippen molar-refractivity contribution in [3.05, 3.63) is 67.7 Å². The van der Waals surface area contributed by atoms with Gasteiger partial charge in [-0.25, -0.2) is 4.39 Å². The lowest BCUT2D eigenvalue weighted by molar-refractivity contribution is 0.216. The molecule has 2 aromatic carbocycles. The van der Waals surface area contributed by atoms with Crippen LogP contribution < -0.4 is 0 Å². The van der Waals surface area contributed by atoms with Gasteiger partial charge in [-0.1, -0.05) is 24.3 Å². The van der Waals surface area contributed by atoms with E-state index in [-0.39, 0.29) is 5.56 Å². The number of aliphatic hydroxyl groups excluding tert-OH is 1. The largest absolute Gasteiger partial charge is 0.383 e. The van der Waals surface area contributed by atoms with E-state index in [1.807, 2.05) is 23.6 Å². The van der Waals surface area contributed by atoms with Crippen molar-refractivity contribution in [3.8, 4) is 0 Å². The molecule has 0 bridgehead atoms. The van der Waals surface area contributed by atoms with Crippen LogP contribution >= 0.6 is 43.2 Å². The average molecular weight is 416 g/mol. The van der Waals surface area contributed by atoms with Crippen molar-refractivity contribution in [1.29, 1.82) is 0 Å². The van der Waals surface area contributed by atoms with Crippen molar-refractivity contribution in [1.82, 2.24) is 0 Å². The van der Waals surface area contributed by atoms with Crippen molar-refractivity contribution in [2.75, 3.05) is 0 Å². The molecule has 3 aromatic rings. The van der Waals surface area contributed by atoms with Gasteiger partial charge < -0.3 is 5.11 Å². The molecular weight excluding hydrogens is 407 g/mol. The molecule has 5 heteroatoms. The van der Waals surface area contributed by atoms with Crippen LogP contribution in [0.25, 0.3) is 10.1 Å². The fourth-order valence-corrected chi connectivity index (χ4v) is 4.18. The molecule has 1 N–H and O–H groups in total. The highest BCUT2D eigenvalue weighted by Crippen LogP contribution is 2.38. The normalized spacial score (nSPS) is 12.8. The Kier molecular flexibility index (Phi) is 3.95. The molecule has 0 aliphatic rings. The highest BCUT2D eigenvalue weighted by Gasteiger charge is 2.20. The lowest BCUT2D eigenvalue weighted by atomic mass is 10.0. The summed E-state index contributed by atoms with van der Waals surface area (Å²) in [6.07, 6.45) is -0.976. The zero-order valence-corrected chi connectivity index (χ0v) is 14.1. The SMILES string of the molecule is OC(c1cccc(Br)c1F)c1csc2c(Br)cccc12. The second-order valence-electron chi connectivity index (χ2n) is 4.35. The molecule has 1 heterocycles. The van der Waals surface area contributed by atoms with E-state index in [0.717, 1.165) is 20.1 Å². The Balaban J connectivity index is 2.16. The fraction of sp³-hybridized carbons (Fsp3) is 0.0667. The van der Waals surface area contributed by atoms with Crippen molar-refractivity contribution < 1.29 is 9.50 Å². The first-order valence-corrected chi connectivity index (χ1v) is 8.33. The maximum absolute atomic E-state index is 14.1. The van der Waals surface area contributed by atoms with Crippen LogP contribution in [-0.4, -0.2) is 5.11 Å². The Bertz CT molecular complexity index is 785. The number of rotatable bonds is 2. The molecule has 3 rings (SSSR count).